The van der Waals surface area contributed by atoms with Gasteiger partial charge in [0.2, 0.25) is 11.8 Å². The van der Waals surface area contributed by atoms with Gasteiger partial charge in [0.1, 0.15) is 11.4 Å². The van der Waals surface area contributed by atoms with Crippen LogP contribution in [-0.2, 0) is 19.7 Å². The number of carbonyl (C=O) groups is 2. The fraction of sp³-hybridized carbons (Fsp3) is 0.632. The molecule has 2 amide bonds. The Morgan fingerprint density at radius 1 is 1.32 bits per heavy atom. The smallest absolute Gasteiger partial charge is 0.267 e. The molecule has 3 aliphatic rings. The third-order valence-electron chi connectivity index (χ3n) is 5.72. The maximum atomic E-state index is 12.2. The number of carbonyl (C=O) groups excluding carboxylic acids is 2. The lowest BCUT2D eigenvalue weighted by atomic mass is 9.74. The second-order valence-electron chi connectivity index (χ2n) is 8.01. The van der Waals surface area contributed by atoms with Crippen molar-refractivity contribution < 1.29 is 23.8 Å². The average Bonchev–Trinajstić information content (AvgIpc) is 3.39. The number of amides is 2. The first kappa shape index (κ1) is 18.9. The van der Waals surface area contributed by atoms with E-state index in [9.17, 15) is 9.59 Å². The molecule has 0 spiro atoms. The van der Waals surface area contributed by atoms with E-state index in [1.54, 1.807) is 7.11 Å². The molecule has 2 aliphatic heterocycles. The highest BCUT2D eigenvalue weighted by Gasteiger charge is 2.45. The van der Waals surface area contributed by atoms with Crippen LogP contribution in [0.3, 0.4) is 0 Å². The van der Waals surface area contributed by atoms with Crippen molar-refractivity contribution in [2.75, 3.05) is 44.9 Å². The van der Waals surface area contributed by atoms with Crippen LogP contribution in [0.2, 0.25) is 0 Å². The summed E-state index contributed by atoms with van der Waals surface area (Å²) in [6, 6.07) is 1.87. The number of aromatic nitrogens is 1. The fourth-order valence-electron chi connectivity index (χ4n) is 3.71. The Bertz CT molecular complexity index is 785. The Morgan fingerprint density at radius 2 is 2.04 bits per heavy atom. The van der Waals surface area contributed by atoms with Gasteiger partial charge in [0.05, 0.1) is 31.3 Å². The summed E-state index contributed by atoms with van der Waals surface area (Å²) in [5.41, 5.74) is 11.9. The topological polar surface area (TPSA) is 130 Å². The van der Waals surface area contributed by atoms with Crippen molar-refractivity contribution in [3.63, 3.8) is 0 Å². The molecule has 9 heteroatoms. The second kappa shape index (κ2) is 7.21. The van der Waals surface area contributed by atoms with Crippen LogP contribution in [-0.4, -0.2) is 62.9 Å². The van der Waals surface area contributed by atoms with E-state index in [0.717, 1.165) is 18.5 Å². The zero-order valence-electron chi connectivity index (χ0n) is 16.0. The van der Waals surface area contributed by atoms with Gasteiger partial charge in [-0.15, -0.1) is 0 Å². The van der Waals surface area contributed by atoms with E-state index in [1.165, 1.54) is 0 Å². The number of hydrogen-bond acceptors (Lipinski definition) is 7. The predicted octanol–water partition coefficient (Wildman–Crippen LogP) is -0.0523. The Balaban J connectivity index is 1.73. The normalized spacial score (nSPS) is 21.0. The van der Waals surface area contributed by atoms with Crippen molar-refractivity contribution in [1.82, 2.24) is 4.98 Å². The van der Waals surface area contributed by atoms with Gasteiger partial charge in [0.15, 0.2) is 0 Å². The highest BCUT2D eigenvalue weighted by molar-refractivity contribution is 5.94. The Morgan fingerprint density at radius 3 is 2.54 bits per heavy atom. The van der Waals surface area contributed by atoms with E-state index < -0.39 is 17.2 Å². The summed E-state index contributed by atoms with van der Waals surface area (Å²) in [7, 11) is 1.68. The summed E-state index contributed by atoms with van der Waals surface area (Å²) in [6.45, 7) is 2.55. The molecule has 1 aromatic heterocycles. The molecule has 0 atom stereocenters. The highest BCUT2D eigenvalue weighted by Crippen LogP contribution is 2.42. The van der Waals surface area contributed by atoms with Crippen molar-refractivity contribution in [3.05, 3.63) is 17.3 Å². The molecular formula is C19H26N4O5. The van der Waals surface area contributed by atoms with Gasteiger partial charge in [-0.2, -0.15) is 0 Å². The zero-order chi connectivity index (χ0) is 19.9. The Hall–Kier alpha value is -2.39. The number of ether oxygens (including phenoxy) is 3. The van der Waals surface area contributed by atoms with Crippen molar-refractivity contribution in [2.45, 2.75) is 30.8 Å². The van der Waals surface area contributed by atoms with Gasteiger partial charge >= 0.3 is 0 Å². The lowest BCUT2D eigenvalue weighted by Gasteiger charge is -2.44. The number of rotatable bonds is 9. The minimum atomic E-state index is -0.682. The first-order valence-corrected chi connectivity index (χ1v) is 9.54. The Labute approximate surface area is 163 Å². The molecule has 1 aromatic rings. The first-order valence-electron chi connectivity index (χ1n) is 9.54. The van der Waals surface area contributed by atoms with Gasteiger partial charge < -0.3 is 30.6 Å². The van der Waals surface area contributed by atoms with Crippen LogP contribution in [0.1, 0.15) is 35.3 Å². The number of pyridine rings is 1. The van der Waals surface area contributed by atoms with Crippen molar-refractivity contribution in [1.29, 1.82) is 0 Å². The van der Waals surface area contributed by atoms with E-state index in [4.69, 9.17) is 25.7 Å². The van der Waals surface area contributed by atoms with Crippen LogP contribution < -0.4 is 21.1 Å². The van der Waals surface area contributed by atoms with E-state index >= 15 is 0 Å². The zero-order valence-corrected chi connectivity index (χ0v) is 16.0. The number of anilines is 1. The molecule has 0 bridgehead atoms. The lowest BCUT2D eigenvalue weighted by molar-refractivity contribution is -0.126. The summed E-state index contributed by atoms with van der Waals surface area (Å²) < 4.78 is 16.7. The molecule has 0 aromatic carbocycles. The standard InChI is InChI=1S/C19H26N4O5/c1-26-12-6-23(7-12)14-4-13(19(5-15(20)24)9-27-10-19)16(17(21)25)22-18(14)28-8-11-2-3-11/h4,11-12H,2-3,5-10H2,1H3,(H2,20,24)(H2,21,25). The van der Waals surface area contributed by atoms with Gasteiger partial charge in [-0.3, -0.25) is 9.59 Å². The van der Waals surface area contributed by atoms with Crippen LogP contribution in [0.5, 0.6) is 5.88 Å². The van der Waals surface area contributed by atoms with Crippen LogP contribution >= 0.6 is 0 Å². The van der Waals surface area contributed by atoms with Crippen LogP contribution in [0.25, 0.3) is 0 Å². The van der Waals surface area contributed by atoms with E-state index in [2.05, 4.69) is 9.88 Å². The lowest BCUT2D eigenvalue weighted by Crippen LogP contribution is -2.53. The largest absolute Gasteiger partial charge is 0.476 e. The van der Waals surface area contributed by atoms with Crippen molar-refractivity contribution >= 4 is 17.5 Å². The number of primary amides is 2. The molecule has 2 saturated heterocycles. The minimum Gasteiger partial charge on any atom is -0.476 e. The molecule has 0 unspecified atom stereocenters. The number of hydrogen-bond donors (Lipinski definition) is 2. The predicted molar refractivity (Wildman–Crippen MR) is 100 cm³/mol. The van der Waals surface area contributed by atoms with Gasteiger partial charge in [-0.25, -0.2) is 4.98 Å². The molecule has 0 radical (unpaired) electrons. The SMILES string of the molecule is COC1CN(c2cc(C3(CC(N)=O)COC3)c(C(N)=O)nc2OCC2CC2)C1. The van der Waals surface area contributed by atoms with Crippen LogP contribution in [0.15, 0.2) is 6.07 Å². The fourth-order valence-corrected chi connectivity index (χ4v) is 3.71. The summed E-state index contributed by atoms with van der Waals surface area (Å²) in [5.74, 6) is -0.186. The molecule has 1 saturated carbocycles. The van der Waals surface area contributed by atoms with Gasteiger partial charge in [-0.1, -0.05) is 0 Å². The maximum absolute atomic E-state index is 12.2. The highest BCUT2D eigenvalue weighted by atomic mass is 16.5. The van der Waals surface area contributed by atoms with E-state index in [1.807, 2.05) is 6.07 Å². The maximum Gasteiger partial charge on any atom is 0.267 e. The van der Waals surface area contributed by atoms with Gasteiger partial charge in [0, 0.05) is 26.6 Å². The molecule has 28 heavy (non-hydrogen) atoms. The molecule has 3 heterocycles. The molecule has 1 aliphatic carbocycles. The summed E-state index contributed by atoms with van der Waals surface area (Å²) >= 11 is 0. The monoisotopic (exact) mass is 390 g/mol. The molecule has 9 nitrogen and oxygen atoms in total. The number of methoxy groups -OCH3 is 1. The van der Waals surface area contributed by atoms with Gasteiger partial charge in [0.25, 0.3) is 5.91 Å². The van der Waals surface area contributed by atoms with Gasteiger partial charge in [-0.05, 0) is 30.4 Å². The number of nitrogens with two attached hydrogens (primary N) is 2. The van der Waals surface area contributed by atoms with Crippen molar-refractivity contribution in [3.8, 4) is 5.88 Å². The summed E-state index contributed by atoms with van der Waals surface area (Å²) in [4.78, 5) is 30.4. The first-order chi connectivity index (χ1) is 13.4. The van der Waals surface area contributed by atoms with E-state index in [0.29, 0.717) is 50.3 Å². The molecule has 3 fully saturated rings. The number of nitrogens with zero attached hydrogens (tertiary/aromatic N) is 2. The average molecular weight is 390 g/mol. The molecule has 4 rings (SSSR count). The third-order valence-corrected chi connectivity index (χ3v) is 5.72. The quantitative estimate of drug-likeness (QED) is 0.604. The van der Waals surface area contributed by atoms with E-state index in [-0.39, 0.29) is 18.2 Å². The van der Waals surface area contributed by atoms with Crippen LogP contribution in [0.4, 0.5) is 5.69 Å². The third kappa shape index (κ3) is 3.51. The molecule has 4 N–H and O–H groups in total. The molecular weight excluding hydrogens is 364 g/mol. The van der Waals surface area contributed by atoms with Crippen LogP contribution in [0, 0.1) is 5.92 Å². The Kier molecular flexibility index (Phi) is 4.88. The second-order valence-corrected chi connectivity index (χ2v) is 8.01. The summed E-state index contributed by atoms with van der Waals surface area (Å²) in [5, 5.41) is 0. The minimum absolute atomic E-state index is 0.0668. The van der Waals surface area contributed by atoms with Crippen molar-refractivity contribution in [2.24, 2.45) is 17.4 Å². The summed E-state index contributed by atoms with van der Waals surface area (Å²) in [6.07, 6.45) is 2.49. The molecule has 152 valence electrons.